The van der Waals surface area contributed by atoms with Crippen molar-refractivity contribution in [2.24, 2.45) is 17.3 Å². The van der Waals surface area contributed by atoms with Gasteiger partial charge in [-0.05, 0) is 95.9 Å². The number of carbonyl (C=O) groups is 1. The zero-order chi connectivity index (χ0) is 19.7. The minimum atomic E-state index is 0.366. The third-order valence-corrected chi connectivity index (χ3v) is 7.32. The highest BCUT2D eigenvalue weighted by Gasteiger charge is 2.38. The zero-order valence-corrected chi connectivity index (χ0v) is 18.5. The summed E-state index contributed by atoms with van der Waals surface area (Å²) in [6, 6.07) is 0.786. The molecule has 0 atom stereocenters. The summed E-state index contributed by atoms with van der Waals surface area (Å²) in [6.45, 7) is 14.1. The summed E-state index contributed by atoms with van der Waals surface area (Å²) in [6.07, 6.45) is 11.5. The molecule has 1 N–H and O–H groups in total. The van der Waals surface area contributed by atoms with Gasteiger partial charge in [0.1, 0.15) is 6.29 Å². The van der Waals surface area contributed by atoms with E-state index in [0.29, 0.717) is 5.92 Å². The normalized spacial score (nSPS) is 31.7. The Balaban J connectivity index is 0.000000189. The van der Waals surface area contributed by atoms with E-state index in [0.717, 1.165) is 36.5 Å². The van der Waals surface area contributed by atoms with Gasteiger partial charge in [0.15, 0.2) is 0 Å². The first-order chi connectivity index (χ1) is 13.1. The maximum absolute atomic E-state index is 10.7. The predicted octanol–water partition coefficient (Wildman–Crippen LogP) is 3.80. The number of nitrogens with zero attached hydrogens (tertiary/aromatic N) is 2. The lowest BCUT2D eigenvalue weighted by molar-refractivity contribution is -0.112. The quantitative estimate of drug-likeness (QED) is 0.740. The predicted molar refractivity (Wildman–Crippen MR) is 115 cm³/mol. The Hall–Kier alpha value is -0.450. The van der Waals surface area contributed by atoms with Gasteiger partial charge in [-0.1, -0.05) is 20.8 Å². The number of hydrogen-bond acceptors (Lipinski definition) is 4. The van der Waals surface area contributed by atoms with Crippen molar-refractivity contribution in [2.45, 2.75) is 78.2 Å². The fourth-order valence-corrected chi connectivity index (χ4v) is 4.92. The largest absolute Gasteiger partial charge is 0.316 e. The van der Waals surface area contributed by atoms with Crippen LogP contribution in [-0.2, 0) is 4.79 Å². The number of piperidine rings is 2. The van der Waals surface area contributed by atoms with Crippen LogP contribution in [0.25, 0.3) is 0 Å². The van der Waals surface area contributed by atoms with Crippen molar-refractivity contribution in [1.29, 1.82) is 0 Å². The summed E-state index contributed by atoms with van der Waals surface area (Å²) < 4.78 is 0. The van der Waals surface area contributed by atoms with Gasteiger partial charge in [-0.25, -0.2) is 0 Å². The van der Waals surface area contributed by atoms with E-state index in [2.05, 4.69) is 29.1 Å². The van der Waals surface area contributed by atoms with Crippen LogP contribution in [0.3, 0.4) is 0 Å². The molecule has 4 fully saturated rings. The number of aldehydes is 1. The molecule has 3 saturated heterocycles. The van der Waals surface area contributed by atoms with E-state index in [1.54, 1.807) is 0 Å². The topological polar surface area (TPSA) is 35.6 Å². The van der Waals surface area contributed by atoms with Crippen LogP contribution in [0.15, 0.2) is 0 Å². The van der Waals surface area contributed by atoms with Crippen LogP contribution in [0.5, 0.6) is 0 Å². The molecule has 158 valence electrons. The molecular weight excluding hydrogens is 334 g/mol. The first-order valence-electron chi connectivity index (χ1n) is 11.7. The van der Waals surface area contributed by atoms with Crippen molar-refractivity contribution < 1.29 is 4.79 Å². The molecular formula is C23H45N3O. The molecule has 0 amide bonds. The molecule has 4 rings (SSSR count). The van der Waals surface area contributed by atoms with Gasteiger partial charge in [0.25, 0.3) is 0 Å². The van der Waals surface area contributed by atoms with E-state index >= 15 is 0 Å². The standard InChI is InChI=1S/C13H23NO.C8H16N2.C2H6/c1-11-6-8-14(9-7-11)13-4-2-12(10-15)3-5-13;1-10-4-2-8(3-5-10)6-9-7-8;1-2/h10-13H,2-9H2,1H3;9H,2-7H2,1H3;1-2H3. The minimum Gasteiger partial charge on any atom is -0.316 e. The highest BCUT2D eigenvalue weighted by molar-refractivity contribution is 5.53. The molecule has 1 aliphatic carbocycles. The highest BCUT2D eigenvalue weighted by Crippen LogP contribution is 2.34. The van der Waals surface area contributed by atoms with E-state index in [1.807, 2.05) is 13.8 Å². The Kier molecular flexibility index (Phi) is 9.75. The SMILES string of the molecule is CC.CC1CCN(C2CCC(C=O)CC2)CC1.CN1CCC2(CC1)CNC2. The van der Waals surface area contributed by atoms with Gasteiger partial charge in [-0.15, -0.1) is 0 Å². The Morgan fingerprint density at radius 3 is 1.89 bits per heavy atom. The average molecular weight is 380 g/mol. The highest BCUT2D eigenvalue weighted by atomic mass is 16.1. The lowest BCUT2D eigenvalue weighted by Crippen LogP contribution is -2.57. The summed E-state index contributed by atoms with van der Waals surface area (Å²) in [5, 5.41) is 3.37. The van der Waals surface area contributed by atoms with Crippen LogP contribution in [0.2, 0.25) is 0 Å². The third-order valence-electron chi connectivity index (χ3n) is 7.32. The molecule has 1 spiro atoms. The summed E-state index contributed by atoms with van der Waals surface area (Å²) in [5.74, 6) is 1.29. The van der Waals surface area contributed by atoms with Gasteiger partial charge >= 0.3 is 0 Å². The second-order valence-corrected chi connectivity index (χ2v) is 9.33. The molecule has 0 aromatic heterocycles. The third kappa shape index (κ3) is 6.83. The Labute approximate surface area is 168 Å². The molecule has 0 bridgehead atoms. The molecule has 3 heterocycles. The number of hydrogen-bond donors (Lipinski definition) is 1. The number of nitrogens with one attached hydrogen (secondary N) is 1. The van der Waals surface area contributed by atoms with Crippen molar-refractivity contribution in [3.05, 3.63) is 0 Å². The molecule has 27 heavy (non-hydrogen) atoms. The smallest absolute Gasteiger partial charge is 0.123 e. The fourth-order valence-electron chi connectivity index (χ4n) is 4.92. The van der Waals surface area contributed by atoms with Crippen molar-refractivity contribution in [3.8, 4) is 0 Å². The minimum absolute atomic E-state index is 0.366. The van der Waals surface area contributed by atoms with Gasteiger partial charge in [-0.2, -0.15) is 0 Å². The van der Waals surface area contributed by atoms with E-state index in [9.17, 15) is 4.79 Å². The van der Waals surface area contributed by atoms with Crippen LogP contribution in [-0.4, -0.2) is 68.4 Å². The van der Waals surface area contributed by atoms with Crippen LogP contribution in [0.1, 0.15) is 72.1 Å². The maximum Gasteiger partial charge on any atom is 0.123 e. The molecule has 0 unspecified atom stereocenters. The number of rotatable bonds is 2. The molecule has 0 aromatic rings. The van der Waals surface area contributed by atoms with Crippen molar-refractivity contribution in [1.82, 2.24) is 15.1 Å². The first kappa shape index (κ1) is 22.8. The Morgan fingerprint density at radius 1 is 0.889 bits per heavy atom. The fraction of sp³-hybridized carbons (Fsp3) is 0.957. The van der Waals surface area contributed by atoms with Gasteiger partial charge < -0.3 is 19.9 Å². The molecule has 1 saturated carbocycles. The van der Waals surface area contributed by atoms with Crippen molar-refractivity contribution in [3.63, 3.8) is 0 Å². The van der Waals surface area contributed by atoms with E-state index < -0.39 is 0 Å². The van der Waals surface area contributed by atoms with Gasteiger partial charge in [-0.3, -0.25) is 0 Å². The zero-order valence-electron chi connectivity index (χ0n) is 18.5. The van der Waals surface area contributed by atoms with Crippen LogP contribution < -0.4 is 5.32 Å². The molecule has 0 aromatic carbocycles. The summed E-state index contributed by atoms with van der Waals surface area (Å²) in [5.41, 5.74) is 0.729. The summed E-state index contributed by atoms with van der Waals surface area (Å²) in [7, 11) is 2.22. The van der Waals surface area contributed by atoms with Crippen molar-refractivity contribution >= 4 is 6.29 Å². The Bertz CT molecular complexity index is 398. The van der Waals surface area contributed by atoms with E-state index in [1.165, 1.54) is 77.8 Å². The number of carbonyl (C=O) groups excluding carboxylic acids is 1. The summed E-state index contributed by atoms with van der Waals surface area (Å²) >= 11 is 0. The maximum atomic E-state index is 10.7. The van der Waals surface area contributed by atoms with Crippen molar-refractivity contribution in [2.75, 3.05) is 46.3 Å². The van der Waals surface area contributed by atoms with Gasteiger partial charge in [0.05, 0.1) is 0 Å². The average Bonchev–Trinajstić information content (AvgIpc) is 2.70. The van der Waals surface area contributed by atoms with E-state index in [-0.39, 0.29) is 0 Å². The molecule has 4 aliphatic rings. The Morgan fingerprint density at radius 2 is 1.44 bits per heavy atom. The lowest BCUT2D eigenvalue weighted by Gasteiger charge is -2.47. The second kappa shape index (κ2) is 11.5. The molecule has 0 radical (unpaired) electrons. The van der Waals surface area contributed by atoms with Crippen LogP contribution in [0.4, 0.5) is 0 Å². The van der Waals surface area contributed by atoms with Gasteiger partial charge in [0, 0.05) is 25.0 Å². The molecule has 4 nitrogen and oxygen atoms in total. The van der Waals surface area contributed by atoms with Crippen LogP contribution in [0, 0.1) is 17.3 Å². The summed E-state index contributed by atoms with van der Waals surface area (Å²) in [4.78, 5) is 15.8. The second-order valence-electron chi connectivity index (χ2n) is 9.33. The molecule has 4 heteroatoms. The monoisotopic (exact) mass is 379 g/mol. The molecule has 3 aliphatic heterocycles. The van der Waals surface area contributed by atoms with Gasteiger partial charge in [0.2, 0.25) is 0 Å². The van der Waals surface area contributed by atoms with Crippen LogP contribution >= 0.6 is 0 Å². The number of likely N-dealkylation sites (tertiary alicyclic amines) is 2. The van der Waals surface area contributed by atoms with E-state index in [4.69, 9.17) is 0 Å². The lowest BCUT2D eigenvalue weighted by atomic mass is 9.74. The first-order valence-corrected chi connectivity index (χ1v) is 11.7.